The Labute approximate surface area is 156 Å². The molecule has 27 heavy (non-hydrogen) atoms. The van der Waals surface area contributed by atoms with E-state index in [1.54, 1.807) is 18.2 Å². The minimum atomic E-state index is -0.639. The van der Waals surface area contributed by atoms with E-state index >= 15 is 0 Å². The predicted octanol–water partition coefficient (Wildman–Crippen LogP) is 2.63. The number of benzene rings is 2. The second-order valence-electron chi connectivity index (χ2n) is 7.37. The number of ketones is 1. The van der Waals surface area contributed by atoms with Crippen LogP contribution in [0.3, 0.4) is 0 Å². The molecule has 134 valence electrons. The van der Waals surface area contributed by atoms with E-state index < -0.39 is 11.2 Å². The maximum atomic E-state index is 12.6. The van der Waals surface area contributed by atoms with Crippen LogP contribution < -0.4 is 5.32 Å². The third kappa shape index (κ3) is 2.51. The van der Waals surface area contributed by atoms with Gasteiger partial charge in [-0.15, -0.1) is 0 Å². The molecule has 0 fully saturated rings. The highest BCUT2D eigenvalue weighted by Crippen LogP contribution is 2.41. The standard InChI is InChI=1S/C21H17N3O3/c1-21(2)17-7-6-12(8-18(17)23-20(21)27)14-4-3-5-15-16(14)11-24(19(15)26)10-13(25)9-22/h3-8H,10-11H2,1-2H3,(H,23,27). The van der Waals surface area contributed by atoms with Gasteiger partial charge in [-0.2, -0.15) is 5.26 Å². The number of amides is 2. The second kappa shape index (κ2) is 5.78. The third-order valence-electron chi connectivity index (χ3n) is 5.32. The predicted molar refractivity (Wildman–Crippen MR) is 98.9 cm³/mol. The van der Waals surface area contributed by atoms with Crippen LogP contribution in [0.1, 0.15) is 35.3 Å². The number of hydrogen-bond donors (Lipinski definition) is 1. The van der Waals surface area contributed by atoms with Crippen molar-refractivity contribution < 1.29 is 14.4 Å². The molecule has 2 aromatic rings. The molecule has 2 aliphatic heterocycles. The van der Waals surface area contributed by atoms with Crippen molar-refractivity contribution in [1.29, 1.82) is 5.26 Å². The maximum absolute atomic E-state index is 12.6. The van der Waals surface area contributed by atoms with Gasteiger partial charge in [0.15, 0.2) is 0 Å². The van der Waals surface area contributed by atoms with Crippen molar-refractivity contribution in [2.24, 2.45) is 0 Å². The van der Waals surface area contributed by atoms with Crippen LogP contribution in [0.5, 0.6) is 0 Å². The molecule has 0 unspecified atom stereocenters. The smallest absolute Gasteiger partial charge is 0.254 e. The van der Waals surface area contributed by atoms with Crippen molar-refractivity contribution in [2.45, 2.75) is 25.8 Å². The van der Waals surface area contributed by atoms with Crippen LogP contribution in [0.2, 0.25) is 0 Å². The van der Waals surface area contributed by atoms with Gasteiger partial charge in [0.25, 0.3) is 11.7 Å². The average Bonchev–Trinajstić information content (AvgIpc) is 3.08. The van der Waals surface area contributed by atoms with E-state index in [0.29, 0.717) is 5.56 Å². The molecule has 0 aromatic heterocycles. The van der Waals surface area contributed by atoms with Crippen LogP contribution in [0.4, 0.5) is 5.69 Å². The number of hydrogen-bond acceptors (Lipinski definition) is 4. The van der Waals surface area contributed by atoms with Gasteiger partial charge >= 0.3 is 0 Å². The Bertz CT molecular complexity index is 1060. The highest BCUT2D eigenvalue weighted by Gasteiger charge is 2.38. The Kier molecular flexibility index (Phi) is 3.63. The lowest BCUT2D eigenvalue weighted by Gasteiger charge is -2.15. The zero-order valence-corrected chi connectivity index (χ0v) is 15.0. The molecule has 1 N–H and O–H groups in total. The summed E-state index contributed by atoms with van der Waals surface area (Å²) in [7, 11) is 0. The number of nitrogens with one attached hydrogen (secondary N) is 1. The largest absolute Gasteiger partial charge is 0.326 e. The molecule has 6 heteroatoms. The Morgan fingerprint density at radius 1 is 1.22 bits per heavy atom. The first kappa shape index (κ1) is 17.0. The zero-order valence-electron chi connectivity index (χ0n) is 15.0. The SMILES string of the molecule is CC1(C)C(=O)Nc2cc(-c3cccc4c3CN(CC(=O)C#N)C4=O)ccc21. The van der Waals surface area contributed by atoms with Gasteiger partial charge in [-0.25, -0.2) is 0 Å². The third-order valence-corrected chi connectivity index (χ3v) is 5.32. The molecule has 0 radical (unpaired) electrons. The lowest BCUT2D eigenvalue weighted by Crippen LogP contribution is -2.29. The fourth-order valence-corrected chi connectivity index (χ4v) is 3.76. The van der Waals surface area contributed by atoms with Crippen LogP contribution >= 0.6 is 0 Å². The van der Waals surface area contributed by atoms with Crippen LogP contribution in [0, 0.1) is 11.3 Å². The molecule has 6 nitrogen and oxygen atoms in total. The first-order chi connectivity index (χ1) is 12.8. The fraction of sp³-hybridized carbons (Fsp3) is 0.238. The van der Waals surface area contributed by atoms with E-state index in [0.717, 1.165) is 27.9 Å². The minimum Gasteiger partial charge on any atom is -0.326 e. The van der Waals surface area contributed by atoms with Gasteiger partial charge in [-0.3, -0.25) is 14.4 Å². The molecule has 2 aliphatic rings. The number of fused-ring (bicyclic) bond motifs is 2. The van der Waals surface area contributed by atoms with Crippen LogP contribution in [-0.4, -0.2) is 29.0 Å². The van der Waals surface area contributed by atoms with E-state index in [1.807, 2.05) is 38.1 Å². The van der Waals surface area contributed by atoms with Crippen LogP contribution in [-0.2, 0) is 21.5 Å². The van der Waals surface area contributed by atoms with Gasteiger partial charge < -0.3 is 10.2 Å². The molecule has 2 heterocycles. The summed E-state index contributed by atoms with van der Waals surface area (Å²) in [6.45, 7) is 3.85. The number of carbonyl (C=O) groups excluding carboxylic acids is 3. The van der Waals surface area contributed by atoms with E-state index in [4.69, 9.17) is 5.26 Å². The number of anilines is 1. The number of carbonyl (C=O) groups is 3. The number of Topliss-reactive ketones (excluding diaryl/α,β-unsaturated/α-hetero) is 1. The van der Waals surface area contributed by atoms with E-state index in [9.17, 15) is 14.4 Å². The van der Waals surface area contributed by atoms with Gasteiger partial charge in [-0.05, 0) is 48.2 Å². The molecule has 0 spiro atoms. The molecular weight excluding hydrogens is 342 g/mol. The number of nitrogens with zero attached hydrogens (tertiary/aromatic N) is 2. The second-order valence-corrected chi connectivity index (χ2v) is 7.37. The van der Waals surface area contributed by atoms with Crippen molar-refractivity contribution in [3.05, 3.63) is 53.1 Å². The van der Waals surface area contributed by atoms with Gasteiger partial charge in [0, 0.05) is 17.8 Å². The Morgan fingerprint density at radius 3 is 2.70 bits per heavy atom. The maximum Gasteiger partial charge on any atom is 0.254 e. The van der Waals surface area contributed by atoms with Crippen molar-refractivity contribution in [3.63, 3.8) is 0 Å². The quantitative estimate of drug-likeness (QED) is 0.853. The lowest BCUT2D eigenvalue weighted by molar-refractivity contribution is -0.119. The topological polar surface area (TPSA) is 90.3 Å². The number of nitriles is 1. The van der Waals surface area contributed by atoms with Crippen molar-refractivity contribution in [1.82, 2.24) is 4.90 Å². The Morgan fingerprint density at radius 2 is 1.96 bits per heavy atom. The summed E-state index contributed by atoms with van der Waals surface area (Å²) < 4.78 is 0. The molecule has 0 atom stereocenters. The average molecular weight is 359 g/mol. The lowest BCUT2D eigenvalue weighted by atomic mass is 9.85. The van der Waals surface area contributed by atoms with Gasteiger partial charge in [0.2, 0.25) is 5.91 Å². The molecule has 0 aliphatic carbocycles. The Balaban J connectivity index is 1.74. The van der Waals surface area contributed by atoms with Gasteiger partial charge in [0.05, 0.1) is 12.0 Å². The highest BCUT2D eigenvalue weighted by atomic mass is 16.2. The summed E-state index contributed by atoms with van der Waals surface area (Å²) in [6.07, 6.45) is 0. The molecule has 0 saturated carbocycles. The Hall–Kier alpha value is -3.46. The summed E-state index contributed by atoms with van der Waals surface area (Å²) in [6, 6.07) is 12.8. The first-order valence-electron chi connectivity index (χ1n) is 8.63. The van der Waals surface area contributed by atoms with Gasteiger partial charge in [0.1, 0.15) is 6.07 Å². The van der Waals surface area contributed by atoms with Crippen molar-refractivity contribution in [2.75, 3.05) is 11.9 Å². The summed E-state index contributed by atoms with van der Waals surface area (Å²) in [5.74, 6) is -0.921. The summed E-state index contributed by atoms with van der Waals surface area (Å²) in [5.41, 5.74) is 4.30. The summed E-state index contributed by atoms with van der Waals surface area (Å²) >= 11 is 0. The monoisotopic (exact) mass is 359 g/mol. The molecule has 0 bridgehead atoms. The van der Waals surface area contributed by atoms with Crippen LogP contribution in [0.15, 0.2) is 36.4 Å². The summed E-state index contributed by atoms with van der Waals surface area (Å²) in [5, 5.41) is 11.6. The van der Waals surface area contributed by atoms with E-state index in [-0.39, 0.29) is 24.9 Å². The normalized spacial score (nSPS) is 16.6. The van der Waals surface area contributed by atoms with Crippen LogP contribution in [0.25, 0.3) is 11.1 Å². The highest BCUT2D eigenvalue weighted by molar-refractivity contribution is 6.07. The minimum absolute atomic E-state index is 0.0377. The molecule has 0 saturated heterocycles. The first-order valence-corrected chi connectivity index (χ1v) is 8.63. The summed E-state index contributed by atoms with van der Waals surface area (Å²) in [4.78, 5) is 37.6. The van der Waals surface area contributed by atoms with Crippen molar-refractivity contribution >= 4 is 23.3 Å². The molecule has 4 rings (SSSR count). The number of rotatable bonds is 3. The van der Waals surface area contributed by atoms with E-state index in [2.05, 4.69) is 5.32 Å². The van der Waals surface area contributed by atoms with Crippen molar-refractivity contribution in [3.8, 4) is 17.2 Å². The molecule has 2 amide bonds. The van der Waals surface area contributed by atoms with E-state index in [1.165, 1.54) is 4.90 Å². The van der Waals surface area contributed by atoms with Gasteiger partial charge in [-0.1, -0.05) is 24.3 Å². The zero-order chi connectivity index (χ0) is 19.3. The molecular formula is C21H17N3O3. The molecule has 2 aromatic carbocycles. The fourth-order valence-electron chi connectivity index (χ4n) is 3.76.